The molecular formula is C35H57FN4S. The molecule has 1 unspecified atom stereocenters. The van der Waals surface area contributed by atoms with Crippen molar-refractivity contribution in [3.05, 3.63) is 42.0 Å². The Kier molecular flexibility index (Phi) is 11.1. The third-order valence-corrected chi connectivity index (χ3v) is 14.1. The summed E-state index contributed by atoms with van der Waals surface area (Å²) in [6.45, 7) is 21.3. The highest BCUT2D eigenvalue weighted by molar-refractivity contribution is 8.33. The van der Waals surface area contributed by atoms with Gasteiger partial charge in [-0.1, -0.05) is 80.0 Å². The van der Waals surface area contributed by atoms with E-state index in [1.54, 1.807) is 12.4 Å². The van der Waals surface area contributed by atoms with Crippen LogP contribution in [0.5, 0.6) is 0 Å². The van der Waals surface area contributed by atoms with Gasteiger partial charge in [-0.2, -0.15) is 0 Å². The maximum Gasteiger partial charge on any atom is 0.225 e. The third-order valence-electron chi connectivity index (χ3n) is 9.57. The van der Waals surface area contributed by atoms with Crippen molar-refractivity contribution in [1.82, 2.24) is 9.97 Å². The number of anilines is 1. The number of rotatable bonds is 11. The van der Waals surface area contributed by atoms with Crippen LogP contribution in [-0.2, 0) is 6.42 Å². The second kappa shape index (κ2) is 13.6. The second-order valence-corrected chi connectivity index (χ2v) is 19.8. The monoisotopic (exact) mass is 584 g/mol. The molecule has 4 nitrogen and oxygen atoms in total. The summed E-state index contributed by atoms with van der Waals surface area (Å²) >= 11 is 0. The smallest absolute Gasteiger partial charge is 0.225 e. The number of halogens is 1. The number of piperidine rings is 1. The summed E-state index contributed by atoms with van der Waals surface area (Å²) in [5.74, 6) is 1.60. The molecule has 0 radical (unpaired) electrons. The van der Waals surface area contributed by atoms with E-state index < -0.39 is 10.0 Å². The van der Waals surface area contributed by atoms with E-state index >= 15 is 4.39 Å². The van der Waals surface area contributed by atoms with Crippen molar-refractivity contribution in [2.75, 3.05) is 42.8 Å². The number of nitrogens with zero attached hydrogens (tertiary/aromatic N) is 4. The Labute approximate surface area is 252 Å². The Morgan fingerprint density at radius 3 is 2.12 bits per heavy atom. The van der Waals surface area contributed by atoms with Crippen LogP contribution in [0.2, 0.25) is 0 Å². The predicted octanol–water partition coefficient (Wildman–Crippen LogP) is 9.36. The van der Waals surface area contributed by atoms with Crippen molar-refractivity contribution in [1.29, 1.82) is 0 Å². The first-order valence-electron chi connectivity index (χ1n) is 15.6. The van der Waals surface area contributed by atoms with E-state index in [0.717, 1.165) is 68.1 Å². The zero-order valence-electron chi connectivity index (χ0n) is 27.7. The van der Waals surface area contributed by atoms with E-state index in [-0.39, 0.29) is 10.6 Å². The number of aryl methyl sites for hydroxylation is 1. The second-order valence-electron chi connectivity index (χ2n) is 15.1. The minimum absolute atomic E-state index is 0.135. The summed E-state index contributed by atoms with van der Waals surface area (Å²) in [4.78, 5) is 16.5. The largest absolute Gasteiger partial charge is 0.340 e. The van der Waals surface area contributed by atoms with E-state index in [2.05, 4.69) is 82.8 Å². The molecule has 0 bridgehead atoms. The molecule has 41 heavy (non-hydrogen) atoms. The van der Waals surface area contributed by atoms with Gasteiger partial charge in [-0.25, -0.2) is 24.4 Å². The van der Waals surface area contributed by atoms with Gasteiger partial charge in [0.2, 0.25) is 5.95 Å². The summed E-state index contributed by atoms with van der Waals surface area (Å²) in [6.07, 6.45) is 15.8. The molecule has 1 aromatic heterocycles. The molecule has 0 saturated carbocycles. The highest BCUT2D eigenvalue weighted by Gasteiger charge is 2.28. The minimum Gasteiger partial charge on any atom is -0.340 e. The first-order chi connectivity index (χ1) is 19.0. The first kappa shape index (κ1) is 33.6. The van der Waals surface area contributed by atoms with Gasteiger partial charge in [0.05, 0.1) is 0 Å². The molecule has 6 heteroatoms. The summed E-state index contributed by atoms with van der Waals surface area (Å²) in [5, 5.41) is 0. The zero-order valence-corrected chi connectivity index (χ0v) is 28.6. The quantitative estimate of drug-likeness (QED) is 0.264. The fourth-order valence-corrected chi connectivity index (χ4v) is 6.40. The van der Waals surface area contributed by atoms with Gasteiger partial charge in [0.1, 0.15) is 5.82 Å². The lowest BCUT2D eigenvalue weighted by atomic mass is 9.75. The highest BCUT2D eigenvalue weighted by Crippen LogP contribution is 2.53. The Balaban J connectivity index is 1.56. The van der Waals surface area contributed by atoms with Crippen LogP contribution < -0.4 is 4.90 Å². The fraction of sp³-hybridized carbons (Fsp3) is 0.686. The summed E-state index contributed by atoms with van der Waals surface area (Å²) in [6, 6.07) is 5.73. The molecule has 0 N–H and O–H groups in total. The Morgan fingerprint density at radius 2 is 1.56 bits per heavy atom. The SMILES string of the molecule is CCC(C)(CCN=C1CCN(c2ncc(-c3cccc(CCS(C)(C)C(C)(C)C)c3F)cn2)CC1)CCC(C)(C)C. The van der Waals surface area contributed by atoms with Crippen LogP contribution in [-0.4, -0.2) is 58.3 Å². The topological polar surface area (TPSA) is 41.4 Å². The molecule has 3 rings (SSSR count). The van der Waals surface area contributed by atoms with Gasteiger partial charge in [0.15, 0.2) is 0 Å². The molecule has 0 aliphatic carbocycles. The molecule has 230 valence electrons. The van der Waals surface area contributed by atoms with Crippen molar-refractivity contribution in [3.63, 3.8) is 0 Å². The Morgan fingerprint density at radius 1 is 0.927 bits per heavy atom. The summed E-state index contributed by atoms with van der Waals surface area (Å²) < 4.78 is 15.8. The minimum atomic E-state index is -0.838. The Bertz CT molecular complexity index is 1150. The van der Waals surface area contributed by atoms with Gasteiger partial charge in [-0.15, -0.1) is 0 Å². The lowest BCUT2D eigenvalue weighted by Crippen LogP contribution is -2.35. The lowest BCUT2D eigenvalue weighted by molar-refractivity contribution is 0.214. The van der Waals surface area contributed by atoms with E-state index in [9.17, 15) is 0 Å². The molecule has 1 saturated heterocycles. The molecule has 1 fully saturated rings. The molecule has 2 heterocycles. The average Bonchev–Trinajstić information content (AvgIpc) is 2.91. The summed E-state index contributed by atoms with van der Waals surface area (Å²) in [5.41, 5.74) is 4.19. The maximum atomic E-state index is 15.6. The van der Waals surface area contributed by atoms with Crippen LogP contribution in [0, 0.1) is 16.6 Å². The van der Waals surface area contributed by atoms with Crippen molar-refractivity contribution in [3.8, 4) is 11.1 Å². The van der Waals surface area contributed by atoms with E-state index in [4.69, 9.17) is 4.99 Å². The van der Waals surface area contributed by atoms with Gasteiger partial charge < -0.3 is 4.90 Å². The molecular weight excluding hydrogens is 527 g/mol. The van der Waals surface area contributed by atoms with Crippen molar-refractivity contribution < 1.29 is 4.39 Å². The standard InChI is InChI=1S/C35H57FN4S/c1-11-35(8,19-18-33(2,3)4)20-21-37-29-15-22-40(23-16-29)32-38-25-28(26-39-32)30-14-12-13-27(31(30)36)17-24-41(9,10)34(5,6)7/h12-14,25-26H,11,15-24H2,1-10H3. The predicted molar refractivity (Wildman–Crippen MR) is 181 cm³/mol. The van der Waals surface area contributed by atoms with Gasteiger partial charge in [-0.3, -0.25) is 4.99 Å². The van der Waals surface area contributed by atoms with E-state index in [1.165, 1.54) is 25.0 Å². The van der Waals surface area contributed by atoms with E-state index in [1.807, 2.05) is 18.2 Å². The molecule has 1 aliphatic heterocycles. The van der Waals surface area contributed by atoms with Crippen LogP contribution in [0.4, 0.5) is 10.3 Å². The first-order valence-corrected chi connectivity index (χ1v) is 18.2. The third kappa shape index (κ3) is 9.53. The van der Waals surface area contributed by atoms with Crippen LogP contribution >= 0.6 is 10.0 Å². The van der Waals surface area contributed by atoms with Crippen LogP contribution in [0.15, 0.2) is 35.6 Å². The lowest BCUT2D eigenvalue weighted by Gasteiger charge is -2.44. The zero-order chi connectivity index (χ0) is 30.5. The van der Waals surface area contributed by atoms with Crippen LogP contribution in [0.1, 0.15) is 99.5 Å². The number of hydrogen-bond donors (Lipinski definition) is 0. The van der Waals surface area contributed by atoms with Crippen molar-refractivity contribution in [2.45, 2.75) is 105 Å². The van der Waals surface area contributed by atoms with Gasteiger partial charge in [0, 0.05) is 61.7 Å². The number of hydrogen-bond acceptors (Lipinski definition) is 4. The van der Waals surface area contributed by atoms with Crippen molar-refractivity contribution in [2.24, 2.45) is 15.8 Å². The number of aliphatic imine (C=N–C) groups is 1. The molecule has 1 atom stereocenters. The molecule has 1 aromatic carbocycles. The van der Waals surface area contributed by atoms with Gasteiger partial charge in [0.25, 0.3) is 0 Å². The molecule has 0 spiro atoms. The normalized spacial score (nSPS) is 17.0. The van der Waals surface area contributed by atoms with Crippen LogP contribution in [0.3, 0.4) is 0 Å². The number of aromatic nitrogens is 2. The summed E-state index contributed by atoms with van der Waals surface area (Å²) in [7, 11) is -0.838. The Hall–Kier alpha value is -1.95. The molecule has 0 amide bonds. The maximum absolute atomic E-state index is 15.6. The van der Waals surface area contributed by atoms with E-state index in [0.29, 0.717) is 16.4 Å². The average molecular weight is 585 g/mol. The fourth-order valence-electron chi connectivity index (χ4n) is 5.05. The van der Waals surface area contributed by atoms with Gasteiger partial charge in [-0.05, 0) is 65.1 Å². The van der Waals surface area contributed by atoms with Crippen molar-refractivity contribution >= 4 is 21.7 Å². The molecule has 2 aromatic rings. The van der Waals surface area contributed by atoms with Gasteiger partial charge >= 0.3 is 0 Å². The highest BCUT2D eigenvalue weighted by atomic mass is 32.3. The number of benzene rings is 1. The molecule has 1 aliphatic rings. The van der Waals surface area contributed by atoms with Crippen LogP contribution in [0.25, 0.3) is 11.1 Å².